The first-order chi connectivity index (χ1) is 25.9. The number of nitrogens with two attached hydrogens (primary N) is 1. The van der Waals surface area contributed by atoms with Crippen LogP contribution in [0.4, 0.5) is 0 Å². The molecule has 0 spiro atoms. The smallest absolute Gasteiger partial charge is 0.326 e. The average Bonchev–Trinajstić information content (AvgIpc) is 3.66. The Morgan fingerprint density at radius 1 is 0.722 bits per heavy atom. The van der Waals surface area contributed by atoms with Crippen molar-refractivity contribution in [3.05, 3.63) is 108 Å². The Kier molecular flexibility index (Phi) is 15.6. The van der Waals surface area contributed by atoms with E-state index in [2.05, 4.69) is 33.9 Å². The minimum atomic E-state index is -1.46. The van der Waals surface area contributed by atoms with Crippen LogP contribution in [0.5, 0.6) is 0 Å². The maximum atomic E-state index is 13.9. The summed E-state index contributed by atoms with van der Waals surface area (Å²) >= 11 is 4.31. The number of benzene rings is 3. The average molecular weight is 761 g/mol. The Morgan fingerprint density at radius 3 is 1.72 bits per heavy atom. The lowest BCUT2D eigenvalue weighted by atomic mass is 10.0. The molecular weight excluding hydrogens is 713 g/mol. The first kappa shape index (κ1) is 41.5. The van der Waals surface area contributed by atoms with Gasteiger partial charge in [-0.2, -0.15) is 12.6 Å². The summed E-state index contributed by atoms with van der Waals surface area (Å²) in [7, 11) is 0. The van der Waals surface area contributed by atoms with E-state index in [9.17, 15) is 39.0 Å². The maximum absolute atomic E-state index is 13.9. The first-order valence-corrected chi connectivity index (χ1v) is 18.4. The van der Waals surface area contributed by atoms with E-state index in [4.69, 9.17) is 5.73 Å². The van der Waals surface area contributed by atoms with Gasteiger partial charge in [0.15, 0.2) is 0 Å². The quantitative estimate of drug-likeness (QED) is 0.0839. The van der Waals surface area contributed by atoms with Gasteiger partial charge in [0.1, 0.15) is 30.2 Å². The molecule has 14 nitrogen and oxygen atoms in total. The summed E-state index contributed by atoms with van der Waals surface area (Å²) < 4.78 is 0. The molecule has 5 amide bonds. The van der Waals surface area contributed by atoms with Gasteiger partial charge < -0.3 is 42.1 Å². The molecule has 54 heavy (non-hydrogen) atoms. The van der Waals surface area contributed by atoms with Crippen LogP contribution >= 0.6 is 12.6 Å². The highest BCUT2D eigenvalue weighted by Crippen LogP contribution is 2.20. The zero-order chi connectivity index (χ0) is 39.2. The molecule has 1 aliphatic heterocycles. The van der Waals surface area contributed by atoms with Crippen LogP contribution in [-0.2, 0) is 48.0 Å². The number of aliphatic hydroxyl groups is 1. The van der Waals surface area contributed by atoms with Crippen molar-refractivity contribution in [1.29, 1.82) is 0 Å². The number of thiol groups is 1. The molecule has 0 radical (unpaired) electrons. The van der Waals surface area contributed by atoms with E-state index < -0.39 is 77.9 Å². The van der Waals surface area contributed by atoms with E-state index in [1.54, 1.807) is 72.8 Å². The van der Waals surface area contributed by atoms with Crippen LogP contribution in [0.2, 0.25) is 0 Å². The summed E-state index contributed by atoms with van der Waals surface area (Å²) in [5.41, 5.74) is 8.31. The van der Waals surface area contributed by atoms with Crippen LogP contribution in [0, 0.1) is 0 Å². The number of aliphatic hydroxyl groups excluding tert-OH is 1. The predicted molar refractivity (Wildman–Crippen MR) is 204 cm³/mol. The fourth-order valence-corrected chi connectivity index (χ4v) is 6.47. The molecule has 15 heteroatoms. The molecule has 1 fully saturated rings. The number of nitrogens with zero attached hydrogens (tertiary/aromatic N) is 1. The number of hydrogen-bond acceptors (Lipinski definition) is 9. The van der Waals surface area contributed by atoms with E-state index >= 15 is 0 Å². The third-order valence-corrected chi connectivity index (χ3v) is 9.51. The maximum Gasteiger partial charge on any atom is 0.326 e. The topological polar surface area (TPSA) is 220 Å². The summed E-state index contributed by atoms with van der Waals surface area (Å²) in [4.78, 5) is 81.0. The van der Waals surface area contributed by atoms with Crippen LogP contribution in [0.3, 0.4) is 0 Å². The molecule has 1 saturated heterocycles. The minimum Gasteiger partial charge on any atom is -0.480 e. The van der Waals surface area contributed by atoms with Gasteiger partial charge in [-0.05, 0) is 42.9 Å². The Morgan fingerprint density at radius 2 is 1.22 bits per heavy atom. The van der Waals surface area contributed by atoms with Crippen molar-refractivity contribution in [2.75, 3.05) is 12.3 Å². The third kappa shape index (κ3) is 11.9. The number of nitrogens with one attached hydrogen (secondary N) is 4. The van der Waals surface area contributed by atoms with E-state index in [0.29, 0.717) is 17.5 Å². The van der Waals surface area contributed by atoms with E-state index in [1.165, 1.54) is 11.8 Å². The lowest BCUT2D eigenvalue weighted by molar-refractivity contribution is -0.144. The Balaban J connectivity index is 1.45. The van der Waals surface area contributed by atoms with Crippen LogP contribution in [0.25, 0.3) is 0 Å². The van der Waals surface area contributed by atoms with Crippen molar-refractivity contribution in [1.82, 2.24) is 26.2 Å². The number of rotatable bonds is 18. The highest BCUT2D eigenvalue weighted by atomic mass is 32.1. The van der Waals surface area contributed by atoms with Gasteiger partial charge >= 0.3 is 5.97 Å². The molecule has 0 aliphatic carbocycles. The van der Waals surface area contributed by atoms with Crippen LogP contribution in [0.15, 0.2) is 91.0 Å². The van der Waals surface area contributed by atoms with Gasteiger partial charge in [-0.25, -0.2) is 4.79 Å². The molecule has 3 aromatic rings. The Bertz CT molecular complexity index is 1730. The highest BCUT2D eigenvalue weighted by Gasteiger charge is 2.39. The van der Waals surface area contributed by atoms with Crippen molar-refractivity contribution in [2.45, 2.75) is 81.4 Å². The second-order valence-electron chi connectivity index (χ2n) is 13.3. The first-order valence-electron chi connectivity index (χ1n) is 17.8. The van der Waals surface area contributed by atoms with Crippen LogP contribution < -0.4 is 27.0 Å². The number of aliphatic carboxylic acids is 1. The molecule has 0 saturated carbocycles. The summed E-state index contributed by atoms with van der Waals surface area (Å²) in [6, 6.07) is 19.5. The molecule has 0 bridgehead atoms. The molecule has 7 atom stereocenters. The number of likely N-dealkylation sites (tertiary alicyclic amines) is 1. The Labute approximate surface area is 319 Å². The van der Waals surface area contributed by atoms with Gasteiger partial charge in [0.05, 0.1) is 12.1 Å². The SMILES string of the molecule is C[C@@H](O)[C@H](NC(=O)[C@@H](N)Cc1ccccc1)C(=O)N[C@@H](Cc1ccccc1)C(=O)N[C@@H](CS)C(=O)N1CCC[C@H]1C(=O)N[C@@H](Cc1ccccc1)C(=O)O. The summed E-state index contributed by atoms with van der Waals surface area (Å²) in [5, 5.41) is 30.7. The molecule has 0 aromatic heterocycles. The number of hydrogen-bond donors (Lipinski definition) is 8. The van der Waals surface area contributed by atoms with Crippen molar-refractivity contribution in [3.63, 3.8) is 0 Å². The Hall–Kier alpha value is -5.25. The monoisotopic (exact) mass is 760 g/mol. The predicted octanol–water partition coefficient (Wildman–Crippen LogP) is 0.367. The van der Waals surface area contributed by atoms with E-state index in [0.717, 1.165) is 5.56 Å². The lowest BCUT2D eigenvalue weighted by Gasteiger charge is -2.30. The zero-order valence-electron chi connectivity index (χ0n) is 30.0. The molecule has 1 heterocycles. The van der Waals surface area contributed by atoms with Crippen LogP contribution in [0.1, 0.15) is 36.5 Å². The second-order valence-corrected chi connectivity index (χ2v) is 13.7. The van der Waals surface area contributed by atoms with Gasteiger partial charge in [-0.1, -0.05) is 91.0 Å². The number of amides is 5. The molecular formula is C39H48N6O8S. The third-order valence-electron chi connectivity index (χ3n) is 9.15. The summed E-state index contributed by atoms with van der Waals surface area (Å²) in [6.45, 7) is 1.51. The summed E-state index contributed by atoms with van der Waals surface area (Å²) in [5.74, 6) is -4.88. The van der Waals surface area contributed by atoms with Gasteiger partial charge in [0, 0.05) is 25.1 Å². The number of carbonyl (C=O) groups is 6. The van der Waals surface area contributed by atoms with E-state index in [-0.39, 0.29) is 38.0 Å². The van der Waals surface area contributed by atoms with E-state index in [1.807, 2.05) is 18.2 Å². The molecule has 1 aliphatic rings. The molecule has 4 rings (SSSR count). The normalized spacial score (nSPS) is 17.2. The number of carbonyl (C=O) groups excluding carboxylic acids is 5. The second kappa shape index (κ2) is 20.3. The molecule has 288 valence electrons. The lowest BCUT2D eigenvalue weighted by Crippen LogP contribution is -2.61. The number of carboxylic acids is 1. The van der Waals surface area contributed by atoms with Gasteiger partial charge in [0.25, 0.3) is 0 Å². The minimum absolute atomic E-state index is 0.00731. The number of carboxylic acid groups (broad SMARTS) is 1. The standard InChI is InChI=1S/C39H48N6O8S/c1-24(46)33(44-34(47)28(40)20-25-12-5-2-6-13-25)37(50)41-29(21-26-14-7-3-8-15-26)35(48)43-31(23-54)38(51)45-19-11-18-32(45)36(49)42-30(39(52)53)22-27-16-9-4-10-17-27/h2-10,12-17,24,28-33,46,54H,11,18-23,40H2,1H3,(H,41,50)(H,42,49)(H,43,48)(H,44,47)(H,52,53)/t24-,28+,29+,30+,31+,32+,33+/m1/s1. The zero-order valence-corrected chi connectivity index (χ0v) is 30.9. The fourth-order valence-electron chi connectivity index (χ4n) is 6.23. The van der Waals surface area contributed by atoms with Gasteiger partial charge in [0.2, 0.25) is 29.5 Å². The molecule has 0 unspecified atom stereocenters. The highest BCUT2D eigenvalue weighted by molar-refractivity contribution is 7.80. The largest absolute Gasteiger partial charge is 0.480 e. The summed E-state index contributed by atoms with van der Waals surface area (Å²) in [6.07, 6.45) is -0.374. The van der Waals surface area contributed by atoms with Crippen molar-refractivity contribution in [3.8, 4) is 0 Å². The van der Waals surface area contributed by atoms with Gasteiger partial charge in [-0.15, -0.1) is 0 Å². The molecule has 3 aromatic carbocycles. The van der Waals surface area contributed by atoms with Crippen LogP contribution in [-0.4, -0.2) is 105 Å². The van der Waals surface area contributed by atoms with Gasteiger partial charge in [-0.3, -0.25) is 24.0 Å². The van der Waals surface area contributed by atoms with Crippen molar-refractivity contribution >= 4 is 48.1 Å². The van der Waals surface area contributed by atoms with Crippen molar-refractivity contribution in [2.24, 2.45) is 5.73 Å². The fraction of sp³-hybridized carbons (Fsp3) is 0.385. The molecule has 8 N–H and O–H groups in total. The van der Waals surface area contributed by atoms with Crippen molar-refractivity contribution < 1.29 is 39.0 Å².